The Bertz CT molecular complexity index is 11.6. The summed E-state index contributed by atoms with van der Waals surface area (Å²) < 4.78 is 29.6. The van der Waals surface area contributed by atoms with Crippen molar-refractivity contribution < 1.29 is 8.44 Å². The fraction of sp³-hybridized carbons (Fsp3) is 0. The number of rotatable bonds is 0. The van der Waals surface area contributed by atoms with Crippen LogP contribution < -0.4 is 0 Å². The van der Waals surface area contributed by atoms with Crippen LogP contribution in [0.3, 0.4) is 0 Å². The summed E-state index contributed by atoms with van der Waals surface area (Å²) >= 11 is -4.95. The first-order chi connectivity index (χ1) is 1.73. The van der Waals surface area contributed by atoms with Gasteiger partial charge in [-0.1, -0.05) is 0 Å². The molecule has 5 heteroatoms. The van der Waals surface area contributed by atoms with Crippen LogP contribution in [0.4, 0.5) is 8.44 Å². The van der Waals surface area contributed by atoms with Crippen LogP contribution in [0.5, 0.6) is 0 Å². The van der Waals surface area contributed by atoms with Crippen molar-refractivity contribution in [1.82, 2.24) is 0 Å². The van der Waals surface area contributed by atoms with Crippen LogP contribution in [0.2, 0.25) is 0 Å². The number of hydrogen-bond acceptors (Lipinski definition) is 0. The molecule has 0 unspecified atom stereocenters. The van der Waals surface area contributed by atoms with Gasteiger partial charge in [-0.3, -0.25) is 0 Å². The number of halogens is 3. The molecule has 0 saturated heterocycles. The van der Waals surface area contributed by atoms with Gasteiger partial charge in [0.2, 0.25) is 0 Å². The van der Waals surface area contributed by atoms with Gasteiger partial charge in [0, 0.05) is 0 Å². The van der Waals surface area contributed by atoms with E-state index in [4.69, 9.17) is 0 Å². The van der Waals surface area contributed by atoms with Crippen molar-refractivity contribution in [2.24, 2.45) is 0 Å². The van der Waals surface area contributed by atoms with E-state index in [0.29, 0.717) is 0 Å². The molecular formula is HF3RbSb. The van der Waals surface area contributed by atoms with Crippen molar-refractivity contribution in [1.29, 1.82) is 0 Å². The van der Waals surface area contributed by atoms with Gasteiger partial charge in [0.1, 0.15) is 0 Å². The predicted octanol–water partition coefficient (Wildman–Crippen LogP) is 0.231. The molecule has 0 aromatic carbocycles. The van der Waals surface area contributed by atoms with Crippen LogP contribution in [-0.2, 0) is 0 Å². The zero-order valence-corrected chi connectivity index (χ0v) is 4.13. The third-order valence-electron chi connectivity index (χ3n) is 0. The monoisotopic (exact) mass is 264 g/mol. The maximum absolute atomic E-state index is 9.85. The van der Waals surface area contributed by atoms with Gasteiger partial charge in [0.25, 0.3) is 0 Å². The van der Waals surface area contributed by atoms with Crippen molar-refractivity contribution in [2.75, 3.05) is 0 Å². The summed E-state index contributed by atoms with van der Waals surface area (Å²) in [5.41, 5.74) is 0. The van der Waals surface area contributed by atoms with E-state index in [1.807, 2.05) is 0 Å². The zero-order valence-electron chi connectivity index (χ0n) is 1.58. The van der Waals surface area contributed by atoms with E-state index >= 15 is 0 Å². The Hall–Kier alpha value is 2.41. The molecule has 0 aliphatic heterocycles. The fourth-order valence-corrected chi connectivity index (χ4v) is 0. The van der Waals surface area contributed by atoms with E-state index in [1.54, 1.807) is 0 Å². The van der Waals surface area contributed by atoms with E-state index in [1.165, 1.54) is 0 Å². The van der Waals surface area contributed by atoms with Gasteiger partial charge in [-0.05, 0) is 0 Å². The molecule has 0 bridgehead atoms. The molecule has 0 heterocycles. The third kappa shape index (κ3) is 21.4. The number of hydrogen-bond donors (Lipinski definition) is 0. The Balaban J connectivity index is 0. The van der Waals surface area contributed by atoms with Crippen molar-refractivity contribution >= 4 is 80.1 Å². The van der Waals surface area contributed by atoms with Crippen molar-refractivity contribution in [2.45, 2.75) is 0 Å². The SMILES string of the molecule is [F][Sb]([F])[F].[RbH]. The van der Waals surface area contributed by atoms with Crippen LogP contribution in [0, 0.1) is 0 Å². The van der Waals surface area contributed by atoms with E-state index in [2.05, 4.69) is 0 Å². The van der Waals surface area contributed by atoms with E-state index in [0.717, 1.165) is 0 Å². The van der Waals surface area contributed by atoms with Crippen molar-refractivity contribution in [3.05, 3.63) is 0 Å². The Morgan fingerprint density at radius 3 is 1.00 bits per heavy atom. The molecular weight excluding hydrogens is 264 g/mol. The van der Waals surface area contributed by atoms with Gasteiger partial charge in [-0.25, -0.2) is 0 Å². The Morgan fingerprint density at radius 2 is 1.00 bits per heavy atom. The first kappa shape index (κ1) is 10.4. The molecule has 0 amide bonds. The second-order valence-corrected chi connectivity index (χ2v) is 1.29. The van der Waals surface area contributed by atoms with Crippen LogP contribution in [0.1, 0.15) is 0 Å². The van der Waals surface area contributed by atoms with Crippen LogP contribution in [0.25, 0.3) is 0 Å². The molecule has 0 aromatic heterocycles. The first-order valence-corrected chi connectivity index (χ1v) is 3.40. The average molecular weight is 265 g/mol. The molecule has 0 aliphatic carbocycles. The zero-order chi connectivity index (χ0) is 3.58. The second kappa shape index (κ2) is 6.41. The molecule has 0 N–H and O–H groups in total. The van der Waals surface area contributed by atoms with Crippen LogP contribution in [-0.4, -0.2) is 80.1 Å². The van der Waals surface area contributed by atoms with E-state index < -0.39 is 22.0 Å². The molecule has 0 nitrogen and oxygen atoms in total. The summed E-state index contributed by atoms with van der Waals surface area (Å²) in [5, 5.41) is 0. The second-order valence-electron chi connectivity index (χ2n) is 0.192. The molecule has 0 saturated carbocycles. The first-order valence-electron chi connectivity index (χ1n) is 0.507. The fourth-order valence-electron chi connectivity index (χ4n) is 0. The minimum absolute atomic E-state index is 0. The molecule has 0 fully saturated rings. The maximum atomic E-state index is 9.85. The van der Waals surface area contributed by atoms with Crippen LogP contribution in [0.15, 0.2) is 0 Å². The minimum atomic E-state index is -4.95. The summed E-state index contributed by atoms with van der Waals surface area (Å²) in [5.74, 6) is 0. The molecule has 0 atom stereocenters. The summed E-state index contributed by atoms with van der Waals surface area (Å²) in [7, 11) is 0. The molecule has 0 aliphatic rings. The van der Waals surface area contributed by atoms with E-state index in [9.17, 15) is 8.44 Å². The van der Waals surface area contributed by atoms with Gasteiger partial charge >= 0.3 is 88.6 Å². The standard InChI is InChI=1S/3FH.Rb.Sb.H/h3*1H;;;/q;;;;+3;/p-3. The van der Waals surface area contributed by atoms with Gasteiger partial charge < -0.3 is 0 Å². The molecule has 28 valence electrons. The van der Waals surface area contributed by atoms with Gasteiger partial charge in [0.05, 0.1) is 0 Å². The molecule has 0 aromatic rings. The Labute approximate surface area is 86.3 Å². The summed E-state index contributed by atoms with van der Waals surface area (Å²) in [6, 6.07) is 0. The average Bonchev–Trinajstić information content (AvgIpc) is 0.811. The Morgan fingerprint density at radius 1 is 1.00 bits per heavy atom. The normalized spacial score (nSPS) is 7.20. The van der Waals surface area contributed by atoms with Crippen molar-refractivity contribution in [3.63, 3.8) is 0 Å². The predicted molar refractivity (Wildman–Crippen MR) is 16.2 cm³/mol. The van der Waals surface area contributed by atoms with Crippen LogP contribution >= 0.6 is 0 Å². The molecule has 5 heavy (non-hydrogen) atoms. The summed E-state index contributed by atoms with van der Waals surface area (Å²) in [6.45, 7) is 0. The topological polar surface area (TPSA) is 0 Å². The molecule has 0 spiro atoms. The van der Waals surface area contributed by atoms with Crippen molar-refractivity contribution in [3.8, 4) is 0 Å². The van der Waals surface area contributed by atoms with Gasteiger partial charge in [-0.15, -0.1) is 0 Å². The molecule has 0 radical (unpaired) electrons. The van der Waals surface area contributed by atoms with Gasteiger partial charge in [-0.2, -0.15) is 0 Å². The van der Waals surface area contributed by atoms with Gasteiger partial charge in [0.15, 0.2) is 0 Å². The summed E-state index contributed by atoms with van der Waals surface area (Å²) in [6.07, 6.45) is 0. The Kier molecular flexibility index (Phi) is 13.3. The van der Waals surface area contributed by atoms with E-state index in [-0.39, 0.29) is 58.2 Å². The third-order valence-corrected chi connectivity index (χ3v) is 0. The quantitative estimate of drug-likeness (QED) is 0.550. The molecule has 0 rings (SSSR count). The summed E-state index contributed by atoms with van der Waals surface area (Å²) in [4.78, 5) is 0.